The van der Waals surface area contributed by atoms with Crippen LogP contribution >= 0.6 is 11.6 Å². The first-order valence-electron chi connectivity index (χ1n) is 4.72. The second-order valence-corrected chi connectivity index (χ2v) is 4.24. The molecule has 72 valence electrons. The van der Waals surface area contributed by atoms with Crippen molar-refractivity contribution in [1.82, 2.24) is 4.98 Å². The number of nitrogens with zero attached hydrogens (tertiary/aromatic N) is 2. The van der Waals surface area contributed by atoms with Gasteiger partial charge in [0.25, 0.3) is 0 Å². The molecule has 0 saturated heterocycles. The maximum Gasteiger partial charge on any atom is 0.131 e. The first kappa shape index (κ1) is 9.48. The molecule has 0 unspecified atom stereocenters. The van der Waals surface area contributed by atoms with E-state index in [2.05, 4.69) is 11.1 Å². The van der Waals surface area contributed by atoms with Crippen LogP contribution in [0.15, 0.2) is 12.3 Å². The monoisotopic (exact) mass is 206 g/mol. The molecule has 0 bridgehead atoms. The van der Waals surface area contributed by atoms with E-state index in [4.69, 9.17) is 16.9 Å². The first-order chi connectivity index (χ1) is 6.68. The van der Waals surface area contributed by atoms with Gasteiger partial charge in [0.05, 0.1) is 11.5 Å². The molecule has 0 aliphatic heterocycles. The highest BCUT2D eigenvalue weighted by atomic mass is 35.5. The van der Waals surface area contributed by atoms with E-state index >= 15 is 0 Å². The normalized spacial score (nSPS) is 18.4. The predicted molar refractivity (Wildman–Crippen MR) is 55.1 cm³/mol. The molecule has 1 heterocycles. The van der Waals surface area contributed by atoms with Gasteiger partial charge < -0.3 is 0 Å². The van der Waals surface area contributed by atoms with E-state index in [0.29, 0.717) is 5.15 Å². The molecule has 1 aromatic heterocycles. The molecule has 1 saturated carbocycles. The topological polar surface area (TPSA) is 36.7 Å². The van der Waals surface area contributed by atoms with Crippen molar-refractivity contribution in [2.75, 3.05) is 0 Å². The zero-order valence-corrected chi connectivity index (χ0v) is 8.80. The predicted octanol–water partition coefficient (Wildman–Crippen LogP) is 2.99. The van der Waals surface area contributed by atoms with E-state index < -0.39 is 0 Å². The highest BCUT2D eigenvalue weighted by Gasteiger charge is 2.39. The van der Waals surface area contributed by atoms with Crippen LogP contribution in [0.1, 0.15) is 30.4 Å². The maximum atomic E-state index is 9.14. The van der Waals surface area contributed by atoms with Crippen LogP contribution in [0.2, 0.25) is 5.15 Å². The standard InChI is InChI=1S/C11H11ClN2/c1-8-5-9(6-14-10(8)12)11(7-13)3-2-4-11/h5-6H,2-4H2,1H3. The molecule has 0 N–H and O–H groups in total. The van der Waals surface area contributed by atoms with E-state index in [1.54, 1.807) is 6.20 Å². The van der Waals surface area contributed by atoms with Crippen molar-refractivity contribution < 1.29 is 0 Å². The Morgan fingerprint density at radius 1 is 1.57 bits per heavy atom. The van der Waals surface area contributed by atoms with Crippen molar-refractivity contribution in [2.24, 2.45) is 0 Å². The lowest BCUT2D eigenvalue weighted by atomic mass is 9.66. The molecule has 0 aromatic carbocycles. The van der Waals surface area contributed by atoms with Crippen LogP contribution in [0.5, 0.6) is 0 Å². The summed E-state index contributed by atoms with van der Waals surface area (Å²) in [5.74, 6) is 0. The number of hydrogen-bond donors (Lipinski definition) is 0. The summed E-state index contributed by atoms with van der Waals surface area (Å²) < 4.78 is 0. The molecule has 0 amide bonds. The fourth-order valence-corrected chi connectivity index (χ4v) is 1.92. The lowest BCUT2D eigenvalue weighted by Crippen LogP contribution is -2.32. The summed E-state index contributed by atoms with van der Waals surface area (Å²) in [4.78, 5) is 4.09. The minimum atomic E-state index is -0.275. The fraction of sp³-hybridized carbons (Fsp3) is 0.455. The average Bonchev–Trinajstić information content (AvgIpc) is 2.10. The van der Waals surface area contributed by atoms with Gasteiger partial charge in [-0.1, -0.05) is 11.6 Å². The number of aryl methyl sites for hydroxylation is 1. The summed E-state index contributed by atoms with van der Waals surface area (Å²) >= 11 is 5.84. The van der Waals surface area contributed by atoms with E-state index in [1.165, 1.54) is 0 Å². The van der Waals surface area contributed by atoms with Gasteiger partial charge in [0.1, 0.15) is 5.15 Å². The number of hydrogen-bond acceptors (Lipinski definition) is 2. The third-order valence-electron chi connectivity index (χ3n) is 2.99. The second kappa shape index (κ2) is 3.25. The van der Waals surface area contributed by atoms with Gasteiger partial charge >= 0.3 is 0 Å². The highest BCUT2D eigenvalue weighted by Crippen LogP contribution is 2.43. The molecule has 1 fully saturated rings. The smallest absolute Gasteiger partial charge is 0.131 e. The largest absolute Gasteiger partial charge is 0.244 e. The highest BCUT2D eigenvalue weighted by molar-refractivity contribution is 6.30. The van der Waals surface area contributed by atoms with Crippen molar-refractivity contribution in [3.8, 4) is 6.07 Å². The van der Waals surface area contributed by atoms with Gasteiger partial charge in [-0.2, -0.15) is 5.26 Å². The number of aromatic nitrogens is 1. The average molecular weight is 207 g/mol. The fourth-order valence-electron chi connectivity index (χ4n) is 1.82. The molecular weight excluding hydrogens is 196 g/mol. The number of rotatable bonds is 1. The van der Waals surface area contributed by atoms with Crippen molar-refractivity contribution in [2.45, 2.75) is 31.6 Å². The lowest BCUT2D eigenvalue weighted by Gasteiger charge is -2.35. The molecule has 1 aliphatic rings. The van der Waals surface area contributed by atoms with Gasteiger partial charge in [-0.15, -0.1) is 0 Å². The lowest BCUT2D eigenvalue weighted by molar-refractivity contribution is 0.323. The molecule has 0 atom stereocenters. The molecule has 2 nitrogen and oxygen atoms in total. The number of pyridine rings is 1. The van der Waals surface area contributed by atoms with Crippen LogP contribution in [-0.4, -0.2) is 4.98 Å². The molecule has 1 aromatic rings. The molecule has 0 radical (unpaired) electrons. The van der Waals surface area contributed by atoms with E-state index in [0.717, 1.165) is 30.4 Å². The van der Waals surface area contributed by atoms with Gasteiger partial charge in [-0.3, -0.25) is 0 Å². The van der Waals surface area contributed by atoms with Crippen LogP contribution in [0.4, 0.5) is 0 Å². The van der Waals surface area contributed by atoms with Gasteiger partial charge in [0.15, 0.2) is 0 Å². The zero-order valence-electron chi connectivity index (χ0n) is 8.05. The summed E-state index contributed by atoms with van der Waals surface area (Å²) in [6, 6.07) is 4.38. The van der Waals surface area contributed by atoms with E-state index in [9.17, 15) is 0 Å². The molecule has 3 heteroatoms. The van der Waals surface area contributed by atoms with E-state index in [-0.39, 0.29) is 5.41 Å². The number of halogens is 1. The van der Waals surface area contributed by atoms with Crippen LogP contribution < -0.4 is 0 Å². The van der Waals surface area contributed by atoms with Crippen molar-refractivity contribution in [3.05, 3.63) is 28.5 Å². The van der Waals surface area contributed by atoms with E-state index in [1.807, 2.05) is 13.0 Å². The van der Waals surface area contributed by atoms with Crippen molar-refractivity contribution in [3.63, 3.8) is 0 Å². The van der Waals surface area contributed by atoms with Crippen LogP contribution in [0, 0.1) is 18.3 Å². The quantitative estimate of drug-likeness (QED) is 0.663. The summed E-state index contributed by atoms with van der Waals surface area (Å²) in [5, 5.41) is 9.67. The third-order valence-corrected chi connectivity index (χ3v) is 3.38. The molecule has 14 heavy (non-hydrogen) atoms. The Morgan fingerprint density at radius 3 is 2.71 bits per heavy atom. The molecule has 0 spiro atoms. The van der Waals surface area contributed by atoms with Crippen LogP contribution in [-0.2, 0) is 5.41 Å². The molecular formula is C11H11ClN2. The Bertz CT molecular complexity index is 402. The van der Waals surface area contributed by atoms with Gasteiger partial charge in [0.2, 0.25) is 0 Å². The Morgan fingerprint density at radius 2 is 2.29 bits per heavy atom. The van der Waals surface area contributed by atoms with Crippen molar-refractivity contribution in [1.29, 1.82) is 5.26 Å². The van der Waals surface area contributed by atoms with Gasteiger partial charge in [-0.25, -0.2) is 4.98 Å². The van der Waals surface area contributed by atoms with Crippen LogP contribution in [0.25, 0.3) is 0 Å². The Labute approximate surface area is 88.5 Å². The summed E-state index contributed by atoms with van der Waals surface area (Å²) in [6.45, 7) is 1.92. The second-order valence-electron chi connectivity index (χ2n) is 3.88. The van der Waals surface area contributed by atoms with Crippen molar-refractivity contribution >= 4 is 11.6 Å². The van der Waals surface area contributed by atoms with Gasteiger partial charge in [-0.05, 0) is 43.4 Å². The molecule has 2 rings (SSSR count). The summed E-state index contributed by atoms with van der Waals surface area (Å²) in [7, 11) is 0. The minimum Gasteiger partial charge on any atom is -0.244 e. The Kier molecular flexibility index (Phi) is 2.20. The van der Waals surface area contributed by atoms with Gasteiger partial charge in [0, 0.05) is 6.20 Å². The summed E-state index contributed by atoms with van der Waals surface area (Å²) in [6.07, 6.45) is 4.77. The Balaban J connectivity index is 2.42. The zero-order chi connectivity index (χ0) is 10.2. The number of nitriles is 1. The minimum absolute atomic E-state index is 0.275. The maximum absolute atomic E-state index is 9.14. The third kappa shape index (κ3) is 1.29. The first-order valence-corrected chi connectivity index (χ1v) is 5.10. The summed E-state index contributed by atoms with van der Waals surface area (Å²) in [5.41, 5.74) is 1.70. The van der Waals surface area contributed by atoms with Crippen LogP contribution in [0.3, 0.4) is 0 Å². The molecule has 1 aliphatic carbocycles. The Hall–Kier alpha value is -1.07. The SMILES string of the molecule is Cc1cc(C2(C#N)CCC2)cnc1Cl.